The summed E-state index contributed by atoms with van der Waals surface area (Å²) >= 11 is 0. The Balaban J connectivity index is 0.000000189. The third-order valence-corrected chi connectivity index (χ3v) is 24.7. The highest BCUT2D eigenvalue weighted by atomic mass is 19.2. The normalized spacial score (nSPS) is 12.7. The predicted octanol–water partition coefficient (Wildman–Crippen LogP) is 26.8. The largest absolute Gasteiger partial charge is 0.508 e. The molecule has 15 aromatic rings. The number of phenolic OH excluding ortho intramolecular Hbond substituents is 7. The van der Waals surface area contributed by atoms with Crippen LogP contribution in [0.5, 0.6) is 40.2 Å². The quantitative estimate of drug-likeness (QED) is 0.0153. The van der Waals surface area contributed by atoms with E-state index < -0.39 is 88.3 Å². The number of amides is 1. The van der Waals surface area contributed by atoms with Crippen LogP contribution >= 0.6 is 0 Å². The second-order valence-corrected chi connectivity index (χ2v) is 35.6. The van der Waals surface area contributed by atoms with E-state index in [2.05, 4.69) is 5.32 Å². The smallest absolute Gasteiger partial charge is 0.315 e. The number of carbonyl (C=O) groups excluding carboxylic acids is 5. The summed E-state index contributed by atoms with van der Waals surface area (Å²) in [5, 5.41) is 97.1. The van der Waals surface area contributed by atoms with Crippen molar-refractivity contribution in [2.45, 2.75) is 167 Å². The molecule has 0 aliphatic heterocycles. The van der Waals surface area contributed by atoms with Gasteiger partial charge in [0.2, 0.25) is 5.91 Å². The van der Waals surface area contributed by atoms with Gasteiger partial charge in [0.05, 0.1) is 24.0 Å². The summed E-state index contributed by atoms with van der Waals surface area (Å²) in [4.78, 5) is 95.0. The number of furan rings is 1. The van der Waals surface area contributed by atoms with Gasteiger partial charge >= 0.3 is 17.9 Å². The molecule has 26 heteroatoms. The molecule has 1 saturated carbocycles. The second kappa shape index (κ2) is 57.7. The van der Waals surface area contributed by atoms with E-state index >= 15 is 0 Å². The molecule has 7 unspecified atom stereocenters. The standard InChI is InChI=1S/C17H19NO2.2C16H14F2O.C16H22O3.C15H14O5.C15H14O3.C14H12F2O2.C14H12O2/c1-12(2)18-17(20)16(13-6-4-3-5-7-13)14-8-10-15(19)11-9-14;2*1-2-15(19)16(11-6-4-3-5-7-11)12-8-9-13(17)14(18)10-12;1-2-13(17)16(11-6-4-3-5-7-11)12-8-9-14(18)15(19)10-12;1-8-2-3-9(6-12(8)17)14(15(19)20)10-4-5-11(16)13(18)7-10;1-10-2-4-11(5-3-10)14(15(17)18)12-6-8-13(16)9-7-12;1-2-12(17)14(13-4-3-7-18-13)9-5-6-10(15)11(16)8-9;15-14(16)13(11-7-3-1-4-8-11)12-9-5-2-6-10-12/h3-12,16,19H,1-2H3,(H,18,20);2*3-10,16H,2H2,1H3;8-11,16,18-19H,2-7H2,1H3;2-7,14,16-18H,1H3,(H,19,20);2-9,14,16H,1H3,(H,17,18);3-8,14H,2H2,1H3;1-10,13H,(H,15,16). The Labute approximate surface area is 862 Å². The summed E-state index contributed by atoms with van der Waals surface area (Å²) in [6, 6.07) is 94.3. The van der Waals surface area contributed by atoms with Gasteiger partial charge in [0, 0.05) is 37.6 Å². The minimum atomic E-state index is -1.11. The first-order valence-electron chi connectivity index (χ1n) is 48.6. The number of ketones is 4. The molecule has 1 aromatic heterocycles. The zero-order valence-electron chi connectivity index (χ0n) is 83.5. The first kappa shape index (κ1) is 116. The van der Waals surface area contributed by atoms with Crippen molar-refractivity contribution in [3.63, 3.8) is 0 Å². The van der Waals surface area contributed by atoms with Gasteiger partial charge in [-0.05, 0) is 233 Å². The van der Waals surface area contributed by atoms with Crippen molar-refractivity contribution < 1.29 is 120 Å². The maximum atomic E-state index is 13.3. The number of phenols is 7. The van der Waals surface area contributed by atoms with E-state index in [1.807, 2.05) is 204 Å². The van der Waals surface area contributed by atoms with Gasteiger partial charge in [-0.1, -0.05) is 295 Å². The Hall–Kier alpha value is -16.9. The highest BCUT2D eigenvalue weighted by Crippen LogP contribution is 2.42. The van der Waals surface area contributed by atoms with Crippen molar-refractivity contribution in [1.82, 2.24) is 5.32 Å². The van der Waals surface area contributed by atoms with E-state index in [1.54, 1.807) is 100 Å². The van der Waals surface area contributed by atoms with E-state index in [9.17, 15) is 116 Å². The number of benzene rings is 14. The summed E-state index contributed by atoms with van der Waals surface area (Å²) in [5.41, 5.74) is 11.1. The number of rotatable bonds is 29. The van der Waals surface area contributed by atoms with E-state index in [4.69, 9.17) is 4.42 Å². The highest BCUT2D eigenvalue weighted by molar-refractivity contribution is 5.91. The molecule has 0 bridgehead atoms. The lowest BCUT2D eigenvalue weighted by Crippen LogP contribution is -2.35. The average Bonchev–Trinajstić information content (AvgIpc) is 1.42. The molecule has 7 atom stereocenters. The molecule has 1 amide bonds. The summed E-state index contributed by atoms with van der Waals surface area (Å²) in [5.74, 6) is -12.7. The van der Waals surface area contributed by atoms with Crippen LogP contribution in [0.15, 0.2) is 356 Å². The molecule has 1 aliphatic rings. The van der Waals surface area contributed by atoms with Gasteiger partial charge < -0.3 is 60.8 Å². The SMILES string of the molecule is CC(C)NC(=O)C(c1ccccc1)c1ccc(O)cc1.CCC(=O)C(c1ccc(F)c(F)c1)c1ccco1.CCC(=O)C(c1ccc(O)c(O)c1)C1CCCCC1.CCC(=O)C(c1ccccc1)c1ccc(F)c(F)c1.CCC(=O)C(c1ccccc1)c1ccc(F)c(F)c1.Cc1ccc(C(C(=O)O)c2ccc(O)c(O)c2)cc1O.Cc1ccc(C(C(=O)O)c2ccc(O)cc2)cc1.O=C(O)C(c1ccccc1)c1ccccc1. The number of aliphatic carboxylic acids is 3. The van der Waals surface area contributed by atoms with Crippen LogP contribution in [0, 0.1) is 54.7 Å². The lowest BCUT2D eigenvalue weighted by Gasteiger charge is -2.29. The van der Waals surface area contributed by atoms with Crippen molar-refractivity contribution in [1.29, 1.82) is 0 Å². The molecular formula is C123H121F6NO19. The van der Waals surface area contributed by atoms with Gasteiger partial charge in [-0.15, -0.1) is 0 Å². The molecule has 20 nitrogen and oxygen atoms in total. The molecule has 16 rings (SSSR count). The topological polar surface area (TPSA) is 364 Å². The lowest BCUT2D eigenvalue weighted by atomic mass is 9.74. The first-order chi connectivity index (χ1) is 71.4. The van der Waals surface area contributed by atoms with Crippen molar-refractivity contribution >= 4 is 46.9 Å². The zero-order chi connectivity index (χ0) is 109. The molecule has 1 aliphatic carbocycles. The molecule has 774 valence electrons. The second-order valence-electron chi connectivity index (χ2n) is 35.6. The Morgan fingerprint density at radius 3 is 0.913 bits per heavy atom. The van der Waals surface area contributed by atoms with E-state index in [-0.39, 0.29) is 87.2 Å². The van der Waals surface area contributed by atoms with Gasteiger partial charge in [-0.3, -0.25) is 38.4 Å². The van der Waals surface area contributed by atoms with Gasteiger partial charge in [-0.25, -0.2) is 26.3 Å². The fraction of sp³-hybridized carbons (Fsp3) is 0.220. The van der Waals surface area contributed by atoms with E-state index in [0.29, 0.717) is 76.3 Å². The van der Waals surface area contributed by atoms with Crippen LogP contribution in [0.1, 0.15) is 241 Å². The number of aryl methyl sites for hydroxylation is 2. The first-order valence-corrected chi connectivity index (χ1v) is 48.6. The molecule has 1 fully saturated rings. The Morgan fingerprint density at radius 2 is 0.577 bits per heavy atom. The summed E-state index contributed by atoms with van der Waals surface area (Å²) in [6.07, 6.45) is 8.74. The maximum absolute atomic E-state index is 13.3. The van der Waals surface area contributed by atoms with Gasteiger partial charge in [-0.2, -0.15) is 0 Å². The van der Waals surface area contributed by atoms with Crippen LogP contribution in [0.3, 0.4) is 0 Å². The predicted molar refractivity (Wildman–Crippen MR) is 559 cm³/mol. The third-order valence-electron chi connectivity index (χ3n) is 24.7. The van der Waals surface area contributed by atoms with Gasteiger partial charge in [0.25, 0.3) is 0 Å². The van der Waals surface area contributed by atoms with Crippen LogP contribution < -0.4 is 5.32 Å². The molecule has 0 spiro atoms. The molecular weight excluding hydrogens is 1910 g/mol. The minimum Gasteiger partial charge on any atom is -0.508 e. The fourth-order valence-corrected chi connectivity index (χ4v) is 17.1. The monoisotopic (exact) mass is 2030 g/mol. The van der Waals surface area contributed by atoms with Gasteiger partial charge in [0.15, 0.2) is 57.9 Å². The average molecular weight is 2030 g/mol. The van der Waals surface area contributed by atoms with Crippen LogP contribution in [-0.2, 0) is 38.4 Å². The van der Waals surface area contributed by atoms with Crippen molar-refractivity contribution in [3.05, 3.63) is 482 Å². The number of carbonyl (C=O) groups is 8. The molecule has 0 saturated heterocycles. The molecule has 11 N–H and O–H groups in total. The minimum absolute atomic E-state index is 0.0109. The van der Waals surface area contributed by atoms with Crippen molar-refractivity contribution in [3.8, 4) is 40.2 Å². The Kier molecular flexibility index (Phi) is 44.8. The van der Waals surface area contributed by atoms with Gasteiger partial charge in [0.1, 0.15) is 69.8 Å². The number of hydrogen-bond donors (Lipinski definition) is 11. The number of aromatic hydroxyl groups is 7. The zero-order valence-corrected chi connectivity index (χ0v) is 83.5. The summed E-state index contributed by atoms with van der Waals surface area (Å²) in [6.45, 7) is 14.7. The Bertz CT molecular complexity index is 6620. The van der Waals surface area contributed by atoms with E-state index in [1.165, 1.54) is 86.2 Å². The molecule has 149 heavy (non-hydrogen) atoms. The number of nitrogens with one attached hydrogen (secondary N) is 1. The van der Waals surface area contributed by atoms with Crippen LogP contribution in [-0.4, -0.2) is 104 Å². The number of hydrogen-bond acceptors (Lipinski definition) is 16. The number of carboxylic acids is 3. The molecule has 14 aromatic carbocycles. The summed E-state index contributed by atoms with van der Waals surface area (Å²) < 4.78 is 84.0. The number of Topliss-reactive ketones (excluding diaryl/α,β-unsaturated/α-hetero) is 4. The van der Waals surface area contributed by atoms with Crippen LogP contribution in [0.25, 0.3) is 0 Å². The van der Waals surface area contributed by atoms with Crippen molar-refractivity contribution in [2.75, 3.05) is 0 Å². The molecule has 0 radical (unpaired) electrons. The van der Waals surface area contributed by atoms with E-state index in [0.717, 1.165) is 99.3 Å². The fourth-order valence-electron chi connectivity index (χ4n) is 17.1. The van der Waals surface area contributed by atoms with Crippen LogP contribution in [0.4, 0.5) is 26.3 Å². The lowest BCUT2D eigenvalue weighted by molar-refractivity contribution is -0.138. The highest BCUT2D eigenvalue weighted by Gasteiger charge is 2.33. The van der Waals surface area contributed by atoms with Crippen molar-refractivity contribution in [2.24, 2.45) is 5.92 Å². The Morgan fingerprint density at radius 1 is 0.289 bits per heavy atom. The summed E-state index contributed by atoms with van der Waals surface area (Å²) in [7, 11) is 0. The third kappa shape index (κ3) is 33.8. The van der Waals surface area contributed by atoms with Crippen LogP contribution in [0.2, 0.25) is 0 Å². The maximum Gasteiger partial charge on any atom is 0.315 e. The number of halogens is 6. The number of carboxylic acid groups (broad SMARTS) is 3. The molecule has 1 heterocycles.